The average molecular weight is 416 g/mol. The molecule has 0 spiro atoms. The predicted octanol–water partition coefficient (Wildman–Crippen LogP) is 2.94. The number of anilines is 1. The quantitative estimate of drug-likeness (QED) is 0.598. The number of hydrogen-bond acceptors (Lipinski definition) is 8. The molecule has 0 radical (unpaired) electrons. The highest BCUT2D eigenvalue weighted by atomic mass is 32.1. The Labute approximate surface area is 168 Å². The van der Waals surface area contributed by atoms with Crippen LogP contribution in [-0.4, -0.2) is 34.9 Å². The number of hydrogen-bond donors (Lipinski definition) is 2. The third-order valence-electron chi connectivity index (χ3n) is 3.57. The monoisotopic (exact) mass is 416 g/mol. The number of pyridine rings is 1. The van der Waals surface area contributed by atoms with E-state index in [1.165, 1.54) is 55.0 Å². The van der Waals surface area contributed by atoms with E-state index in [9.17, 15) is 14.4 Å². The zero-order valence-corrected chi connectivity index (χ0v) is 16.6. The fourth-order valence-corrected chi connectivity index (χ4v) is 3.88. The molecule has 0 fully saturated rings. The minimum absolute atomic E-state index is 0.0816. The molecule has 8 nitrogen and oxygen atoms in total. The summed E-state index contributed by atoms with van der Waals surface area (Å²) in [4.78, 5) is 45.1. The first-order valence-electron chi connectivity index (χ1n) is 8.11. The van der Waals surface area contributed by atoms with Gasteiger partial charge in [0.05, 0.1) is 29.8 Å². The second kappa shape index (κ2) is 8.72. The Bertz CT molecular complexity index is 1010. The van der Waals surface area contributed by atoms with Gasteiger partial charge in [0.25, 0.3) is 5.91 Å². The van der Waals surface area contributed by atoms with Crippen LogP contribution in [0.15, 0.2) is 35.8 Å². The topological polar surface area (TPSA) is 110 Å². The first-order chi connectivity index (χ1) is 13.5. The average Bonchev–Trinajstić information content (AvgIpc) is 3.35. The van der Waals surface area contributed by atoms with Gasteiger partial charge < -0.3 is 10.1 Å². The molecular weight excluding hydrogens is 400 g/mol. The van der Waals surface area contributed by atoms with Gasteiger partial charge in [-0.1, -0.05) is 0 Å². The largest absolute Gasteiger partial charge is 0.465 e. The van der Waals surface area contributed by atoms with Gasteiger partial charge in [0.15, 0.2) is 5.13 Å². The van der Waals surface area contributed by atoms with Crippen molar-refractivity contribution in [2.45, 2.75) is 13.5 Å². The second-order valence-electron chi connectivity index (χ2n) is 5.59. The summed E-state index contributed by atoms with van der Waals surface area (Å²) >= 11 is 2.82. The summed E-state index contributed by atoms with van der Waals surface area (Å²) in [7, 11) is 1.28. The number of methoxy groups -OCH3 is 1. The van der Waals surface area contributed by atoms with Gasteiger partial charge in [-0.15, -0.1) is 22.7 Å². The first-order valence-corrected chi connectivity index (χ1v) is 9.80. The second-order valence-corrected chi connectivity index (χ2v) is 7.62. The normalized spacial score (nSPS) is 10.4. The summed E-state index contributed by atoms with van der Waals surface area (Å²) in [6, 6.07) is 6.78. The first kappa shape index (κ1) is 19.6. The van der Waals surface area contributed by atoms with E-state index in [1.54, 1.807) is 0 Å². The van der Waals surface area contributed by atoms with E-state index in [1.807, 2.05) is 17.5 Å². The summed E-state index contributed by atoms with van der Waals surface area (Å²) in [5, 5.41) is 7.73. The number of rotatable bonds is 6. The molecule has 0 aliphatic heterocycles. The van der Waals surface area contributed by atoms with Crippen molar-refractivity contribution in [3.8, 4) is 10.6 Å². The molecule has 28 heavy (non-hydrogen) atoms. The van der Waals surface area contributed by atoms with Crippen LogP contribution in [0, 0.1) is 0 Å². The fourth-order valence-electron chi connectivity index (χ4n) is 2.19. The van der Waals surface area contributed by atoms with Crippen LogP contribution in [0.5, 0.6) is 0 Å². The van der Waals surface area contributed by atoms with Crippen molar-refractivity contribution in [3.05, 3.63) is 52.0 Å². The van der Waals surface area contributed by atoms with Crippen LogP contribution in [0.3, 0.4) is 0 Å². The molecule has 10 heteroatoms. The van der Waals surface area contributed by atoms with Gasteiger partial charge in [0.2, 0.25) is 5.91 Å². The molecule has 0 atom stereocenters. The van der Waals surface area contributed by atoms with Gasteiger partial charge in [0.1, 0.15) is 5.69 Å². The lowest BCUT2D eigenvalue weighted by molar-refractivity contribution is -0.119. The summed E-state index contributed by atoms with van der Waals surface area (Å²) in [5.41, 5.74) is 1.18. The number of carbonyl (C=O) groups is 3. The Morgan fingerprint density at radius 2 is 2.00 bits per heavy atom. The van der Waals surface area contributed by atoms with Gasteiger partial charge in [-0.05, 0) is 24.3 Å². The molecule has 0 bridgehead atoms. The molecule has 0 aliphatic carbocycles. The maximum atomic E-state index is 12.3. The number of nitrogens with zero attached hydrogens (tertiary/aromatic N) is 2. The minimum Gasteiger partial charge on any atom is -0.465 e. The smallest absolute Gasteiger partial charge is 0.339 e. The summed E-state index contributed by atoms with van der Waals surface area (Å²) in [6.45, 7) is 1.95. The standard InChI is InChI=1S/C18H16N4O4S2/c1-10(23)19-8-12-4-6-15(28-12)14-9-27-18(21-14)22-16(24)13-5-3-11(7-20-13)17(25)26-2/h3-7,9H,8H2,1-2H3,(H,19,23)(H,21,22,24). The van der Waals surface area contributed by atoms with E-state index < -0.39 is 11.9 Å². The molecule has 3 rings (SSSR count). The van der Waals surface area contributed by atoms with Crippen LogP contribution < -0.4 is 10.6 Å². The molecule has 3 aromatic heterocycles. The predicted molar refractivity (Wildman–Crippen MR) is 106 cm³/mol. The minimum atomic E-state index is -0.516. The molecule has 0 aromatic carbocycles. The van der Waals surface area contributed by atoms with Crippen molar-refractivity contribution < 1.29 is 19.1 Å². The SMILES string of the molecule is COC(=O)c1ccc(C(=O)Nc2nc(-c3ccc(CNC(C)=O)s3)cs2)nc1. The van der Waals surface area contributed by atoms with Gasteiger partial charge in [0, 0.05) is 23.4 Å². The molecule has 0 saturated heterocycles. The zero-order valence-electron chi connectivity index (χ0n) is 15.0. The Morgan fingerprint density at radius 1 is 1.18 bits per heavy atom. The zero-order chi connectivity index (χ0) is 20.1. The van der Waals surface area contributed by atoms with Crippen LogP contribution in [-0.2, 0) is 16.1 Å². The van der Waals surface area contributed by atoms with Crippen LogP contribution in [0.2, 0.25) is 0 Å². The molecular formula is C18H16N4O4S2. The van der Waals surface area contributed by atoms with E-state index in [0.29, 0.717) is 11.7 Å². The van der Waals surface area contributed by atoms with Crippen LogP contribution in [0.1, 0.15) is 32.6 Å². The Morgan fingerprint density at radius 3 is 2.68 bits per heavy atom. The number of thiazole rings is 1. The lowest BCUT2D eigenvalue weighted by atomic mass is 10.2. The maximum absolute atomic E-state index is 12.3. The Balaban J connectivity index is 1.65. The molecule has 2 amide bonds. The number of nitrogens with one attached hydrogen (secondary N) is 2. The van der Waals surface area contributed by atoms with Gasteiger partial charge in [-0.3, -0.25) is 19.9 Å². The highest BCUT2D eigenvalue weighted by molar-refractivity contribution is 7.17. The van der Waals surface area contributed by atoms with Crippen molar-refractivity contribution in [3.63, 3.8) is 0 Å². The molecule has 0 aliphatic rings. The number of ether oxygens (including phenoxy) is 1. The molecule has 0 unspecified atom stereocenters. The number of carbonyl (C=O) groups excluding carboxylic acids is 3. The van der Waals surface area contributed by atoms with Gasteiger partial charge in [-0.25, -0.2) is 9.78 Å². The van der Waals surface area contributed by atoms with Crippen LogP contribution in [0.4, 0.5) is 5.13 Å². The summed E-state index contributed by atoms with van der Waals surface area (Å²) < 4.78 is 4.60. The Hall–Kier alpha value is -3.11. The molecule has 3 aromatic rings. The van der Waals surface area contributed by atoms with E-state index in [2.05, 4.69) is 25.3 Å². The third kappa shape index (κ3) is 4.78. The number of aromatic nitrogens is 2. The molecule has 2 N–H and O–H groups in total. The number of esters is 1. The fraction of sp³-hybridized carbons (Fsp3) is 0.167. The molecule has 0 saturated carbocycles. The van der Waals surface area contributed by atoms with E-state index >= 15 is 0 Å². The van der Waals surface area contributed by atoms with E-state index in [-0.39, 0.29) is 17.2 Å². The molecule has 144 valence electrons. The Kier molecular flexibility index (Phi) is 6.12. The summed E-state index contributed by atoms with van der Waals surface area (Å²) in [5.74, 6) is -1.02. The maximum Gasteiger partial charge on any atom is 0.339 e. The third-order valence-corrected chi connectivity index (χ3v) is 5.43. The lowest BCUT2D eigenvalue weighted by Gasteiger charge is -2.02. The van der Waals surface area contributed by atoms with Crippen molar-refractivity contribution in [1.29, 1.82) is 0 Å². The lowest BCUT2D eigenvalue weighted by Crippen LogP contribution is -2.17. The molecule has 3 heterocycles. The van der Waals surface area contributed by atoms with Crippen molar-refractivity contribution >= 4 is 45.6 Å². The number of thiophene rings is 1. The summed E-state index contributed by atoms with van der Waals surface area (Å²) in [6.07, 6.45) is 1.29. The highest BCUT2D eigenvalue weighted by Gasteiger charge is 2.14. The van der Waals surface area contributed by atoms with Crippen LogP contribution >= 0.6 is 22.7 Å². The van der Waals surface area contributed by atoms with E-state index in [0.717, 1.165) is 15.4 Å². The van der Waals surface area contributed by atoms with Crippen molar-refractivity contribution in [2.75, 3.05) is 12.4 Å². The van der Waals surface area contributed by atoms with Gasteiger partial charge >= 0.3 is 5.97 Å². The van der Waals surface area contributed by atoms with Crippen molar-refractivity contribution in [2.24, 2.45) is 0 Å². The van der Waals surface area contributed by atoms with Crippen LogP contribution in [0.25, 0.3) is 10.6 Å². The van der Waals surface area contributed by atoms with E-state index in [4.69, 9.17) is 0 Å². The number of amides is 2. The van der Waals surface area contributed by atoms with Crippen molar-refractivity contribution in [1.82, 2.24) is 15.3 Å². The highest BCUT2D eigenvalue weighted by Crippen LogP contribution is 2.30. The van der Waals surface area contributed by atoms with Gasteiger partial charge in [-0.2, -0.15) is 0 Å².